The standard InChI is InChI=1S/C18H20O2S/c1-3-20-11-12-21-17-13-14(2)9-10-16(17)18(19)15-7-5-4-6-8-15/h4-10,13H,3,11-12H2,1-2H3. The van der Waals surface area contributed by atoms with E-state index in [1.807, 2.05) is 56.3 Å². The molecule has 0 fully saturated rings. The average Bonchev–Trinajstić information content (AvgIpc) is 2.52. The van der Waals surface area contributed by atoms with Crippen molar-refractivity contribution in [2.45, 2.75) is 18.7 Å². The van der Waals surface area contributed by atoms with Crippen LogP contribution in [-0.2, 0) is 4.74 Å². The molecule has 0 heterocycles. The number of hydrogen-bond donors (Lipinski definition) is 0. The number of benzene rings is 2. The highest BCUT2D eigenvalue weighted by atomic mass is 32.2. The van der Waals surface area contributed by atoms with E-state index in [0.717, 1.165) is 28.4 Å². The molecule has 0 aliphatic heterocycles. The second-order valence-corrected chi connectivity index (χ2v) is 5.88. The van der Waals surface area contributed by atoms with Crippen LogP contribution in [0.3, 0.4) is 0 Å². The van der Waals surface area contributed by atoms with Gasteiger partial charge in [0, 0.05) is 28.4 Å². The Hall–Kier alpha value is -1.58. The van der Waals surface area contributed by atoms with Crippen molar-refractivity contribution >= 4 is 17.5 Å². The van der Waals surface area contributed by atoms with Crippen LogP contribution in [0.5, 0.6) is 0 Å². The van der Waals surface area contributed by atoms with E-state index >= 15 is 0 Å². The number of ether oxygens (including phenoxy) is 1. The molecule has 110 valence electrons. The van der Waals surface area contributed by atoms with Crippen LogP contribution in [0.15, 0.2) is 53.4 Å². The van der Waals surface area contributed by atoms with Gasteiger partial charge in [0.15, 0.2) is 5.78 Å². The van der Waals surface area contributed by atoms with E-state index in [0.29, 0.717) is 6.61 Å². The molecule has 0 bridgehead atoms. The zero-order valence-corrected chi connectivity index (χ0v) is 13.3. The van der Waals surface area contributed by atoms with Crippen LogP contribution in [0.2, 0.25) is 0 Å². The maximum Gasteiger partial charge on any atom is 0.194 e. The quantitative estimate of drug-likeness (QED) is 0.432. The lowest BCUT2D eigenvalue weighted by atomic mass is 10.0. The summed E-state index contributed by atoms with van der Waals surface area (Å²) in [5.41, 5.74) is 2.67. The van der Waals surface area contributed by atoms with E-state index in [9.17, 15) is 4.79 Å². The summed E-state index contributed by atoms with van der Waals surface area (Å²) in [4.78, 5) is 13.7. The van der Waals surface area contributed by atoms with Gasteiger partial charge in [0.25, 0.3) is 0 Å². The van der Waals surface area contributed by atoms with Gasteiger partial charge >= 0.3 is 0 Å². The Morgan fingerprint density at radius 1 is 1.14 bits per heavy atom. The predicted molar refractivity (Wildman–Crippen MR) is 88.3 cm³/mol. The lowest BCUT2D eigenvalue weighted by Crippen LogP contribution is -2.04. The summed E-state index contributed by atoms with van der Waals surface area (Å²) in [5, 5.41) is 0. The van der Waals surface area contributed by atoms with Gasteiger partial charge in [-0.15, -0.1) is 11.8 Å². The van der Waals surface area contributed by atoms with Gasteiger partial charge in [-0.05, 0) is 31.5 Å². The lowest BCUT2D eigenvalue weighted by Gasteiger charge is -2.10. The Morgan fingerprint density at radius 3 is 2.62 bits per heavy atom. The van der Waals surface area contributed by atoms with Crippen molar-refractivity contribution in [3.63, 3.8) is 0 Å². The first-order valence-electron chi connectivity index (χ1n) is 7.13. The highest BCUT2D eigenvalue weighted by Gasteiger charge is 2.13. The highest BCUT2D eigenvalue weighted by molar-refractivity contribution is 7.99. The first-order valence-corrected chi connectivity index (χ1v) is 8.12. The normalized spacial score (nSPS) is 10.6. The van der Waals surface area contributed by atoms with Crippen molar-refractivity contribution in [1.29, 1.82) is 0 Å². The molecule has 0 radical (unpaired) electrons. The molecule has 0 aliphatic rings. The molecule has 0 aromatic heterocycles. The van der Waals surface area contributed by atoms with Crippen LogP contribution < -0.4 is 0 Å². The molecule has 0 unspecified atom stereocenters. The molecular weight excluding hydrogens is 280 g/mol. The molecule has 0 N–H and O–H groups in total. The van der Waals surface area contributed by atoms with E-state index in [1.165, 1.54) is 5.56 Å². The average molecular weight is 300 g/mol. The lowest BCUT2D eigenvalue weighted by molar-refractivity contribution is 0.103. The third kappa shape index (κ3) is 4.45. The number of carbonyl (C=O) groups excluding carboxylic acids is 1. The second-order valence-electron chi connectivity index (χ2n) is 4.74. The molecule has 0 atom stereocenters. The van der Waals surface area contributed by atoms with Crippen LogP contribution in [-0.4, -0.2) is 24.7 Å². The van der Waals surface area contributed by atoms with E-state index in [-0.39, 0.29) is 5.78 Å². The van der Waals surface area contributed by atoms with Gasteiger partial charge in [-0.25, -0.2) is 0 Å². The molecule has 2 nitrogen and oxygen atoms in total. The van der Waals surface area contributed by atoms with Crippen LogP contribution in [0, 0.1) is 6.92 Å². The van der Waals surface area contributed by atoms with Crippen molar-refractivity contribution in [1.82, 2.24) is 0 Å². The molecule has 2 aromatic rings. The van der Waals surface area contributed by atoms with Gasteiger partial charge in [0.2, 0.25) is 0 Å². The molecule has 3 heteroatoms. The molecule has 0 spiro atoms. The smallest absolute Gasteiger partial charge is 0.194 e. The Morgan fingerprint density at radius 2 is 1.90 bits per heavy atom. The Labute approximate surface area is 130 Å². The fourth-order valence-electron chi connectivity index (χ4n) is 2.04. The van der Waals surface area contributed by atoms with Crippen LogP contribution in [0.1, 0.15) is 28.4 Å². The monoisotopic (exact) mass is 300 g/mol. The summed E-state index contributed by atoms with van der Waals surface area (Å²) in [6.07, 6.45) is 0. The SMILES string of the molecule is CCOCCSc1cc(C)ccc1C(=O)c1ccccc1. The minimum Gasteiger partial charge on any atom is -0.381 e. The van der Waals surface area contributed by atoms with Crippen molar-refractivity contribution in [2.24, 2.45) is 0 Å². The van der Waals surface area contributed by atoms with Crippen molar-refractivity contribution in [3.05, 3.63) is 65.2 Å². The Balaban J connectivity index is 2.20. The predicted octanol–water partition coefficient (Wildman–Crippen LogP) is 4.35. The van der Waals surface area contributed by atoms with Crippen molar-refractivity contribution < 1.29 is 9.53 Å². The van der Waals surface area contributed by atoms with Gasteiger partial charge in [0.05, 0.1) is 6.61 Å². The number of carbonyl (C=O) groups is 1. The Bertz CT molecular complexity index is 593. The molecule has 0 aliphatic carbocycles. The van der Waals surface area contributed by atoms with Crippen LogP contribution in [0.4, 0.5) is 0 Å². The topological polar surface area (TPSA) is 26.3 Å². The van der Waals surface area contributed by atoms with E-state index < -0.39 is 0 Å². The summed E-state index contributed by atoms with van der Waals surface area (Å²) < 4.78 is 5.36. The zero-order valence-electron chi connectivity index (χ0n) is 12.5. The summed E-state index contributed by atoms with van der Waals surface area (Å²) in [7, 11) is 0. The second kappa shape index (κ2) is 8.01. The minimum atomic E-state index is 0.0782. The summed E-state index contributed by atoms with van der Waals surface area (Å²) in [6, 6.07) is 15.4. The maximum atomic E-state index is 12.6. The number of thioether (sulfide) groups is 1. The van der Waals surface area contributed by atoms with E-state index in [1.54, 1.807) is 11.8 Å². The number of ketones is 1. The molecule has 2 aromatic carbocycles. The van der Waals surface area contributed by atoms with Gasteiger partial charge in [0.1, 0.15) is 0 Å². The van der Waals surface area contributed by atoms with E-state index in [4.69, 9.17) is 4.74 Å². The third-order valence-electron chi connectivity index (χ3n) is 3.11. The van der Waals surface area contributed by atoms with Crippen LogP contribution >= 0.6 is 11.8 Å². The molecule has 0 saturated heterocycles. The maximum absolute atomic E-state index is 12.6. The number of rotatable bonds is 7. The largest absolute Gasteiger partial charge is 0.381 e. The van der Waals surface area contributed by atoms with E-state index in [2.05, 4.69) is 6.07 Å². The fraction of sp³-hybridized carbons (Fsp3) is 0.278. The van der Waals surface area contributed by atoms with Gasteiger partial charge in [-0.3, -0.25) is 4.79 Å². The van der Waals surface area contributed by atoms with Gasteiger partial charge in [-0.2, -0.15) is 0 Å². The number of aryl methyl sites for hydroxylation is 1. The first kappa shape index (κ1) is 15.8. The summed E-state index contributed by atoms with van der Waals surface area (Å²) >= 11 is 1.68. The summed E-state index contributed by atoms with van der Waals surface area (Å²) in [6.45, 7) is 5.46. The van der Waals surface area contributed by atoms with Crippen molar-refractivity contribution in [3.8, 4) is 0 Å². The first-order chi connectivity index (χ1) is 10.2. The Kier molecular flexibility index (Phi) is 6.03. The fourth-order valence-corrected chi connectivity index (χ4v) is 3.04. The molecule has 0 amide bonds. The van der Waals surface area contributed by atoms with Crippen molar-refractivity contribution in [2.75, 3.05) is 19.0 Å². The molecule has 21 heavy (non-hydrogen) atoms. The highest BCUT2D eigenvalue weighted by Crippen LogP contribution is 2.26. The third-order valence-corrected chi connectivity index (χ3v) is 4.13. The minimum absolute atomic E-state index is 0.0782. The van der Waals surface area contributed by atoms with Gasteiger partial charge in [-0.1, -0.05) is 36.4 Å². The molecule has 0 saturated carbocycles. The number of hydrogen-bond acceptors (Lipinski definition) is 3. The van der Waals surface area contributed by atoms with Crippen LogP contribution in [0.25, 0.3) is 0 Å². The molecular formula is C18H20O2S. The molecule has 2 rings (SSSR count). The zero-order chi connectivity index (χ0) is 15.1. The summed E-state index contributed by atoms with van der Waals surface area (Å²) in [5.74, 6) is 0.932. The van der Waals surface area contributed by atoms with Gasteiger partial charge < -0.3 is 4.74 Å².